The Morgan fingerprint density at radius 2 is 1.84 bits per heavy atom. The minimum Gasteiger partial charge on any atom is -0.468 e. The summed E-state index contributed by atoms with van der Waals surface area (Å²) in [5.74, 6) is 0.701. The summed E-state index contributed by atoms with van der Waals surface area (Å²) >= 11 is 3.38. The smallest absolute Gasteiger partial charge is 0.241 e. The lowest BCUT2D eigenvalue weighted by atomic mass is 10.0. The molecule has 2 atom stereocenters. The number of furan rings is 1. The number of fused-ring (bicyclic) bond motifs is 1. The lowest BCUT2D eigenvalue weighted by molar-refractivity contribution is -0.123. The van der Waals surface area contributed by atoms with E-state index in [1.165, 1.54) is 0 Å². The highest BCUT2D eigenvalue weighted by molar-refractivity contribution is 9.10. The van der Waals surface area contributed by atoms with Gasteiger partial charge in [0.2, 0.25) is 5.91 Å². The summed E-state index contributed by atoms with van der Waals surface area (Å²) in [5, 5.41) is 0. The van der Waals surface area contributed by atoms with Crippen LogP contribution in [0.5, 0.6) is 0 Å². The van der Waals surface area contributed by atoms with Crippen molar-refractivity contribution in [3.8, 4) is 0 Å². The van der Waals surface area contributed by atoms with E-state index in [0.717, 1.165) is 15.9 Å². The highest BCUT2D eigenvalue weighted by atomic mass is 79.9. The van der Waals surface area contributed by atoms with Crippen molar-refractivity contribution in [2.45, 2.75) is 18.6 Å². The normalized spacial score (nSPS) is 26.0. The van der Waals surface area contributed by atoms with Gasteiger partial charge in [-0.1, -0.05) is 15.9 Å². The first-order chi connectivity index (χ1) is 11.9. The molecule has 2 unspecified atom stereocenters. The van der Waals surface area contributed by atoms with Gasteiger partial charge in [-0.15, -0.1) is 0 Å². The van der Waals surface area contributed by atoms with Gasteiger partial charge in [-0.3, -0.25) is 9.69 Å². The van der Waals surface area contributed by atoms with Crippen LogP contribution in [-0.4, -0.2) is 49.4 Å². The summed E-state index contributed by atoms with van der Waals surface area (Å²) in [6.45, 7) is 0.608. The maximum atomic E-state index is 12.8. The molecule has 1 amide bonds. The number of rotatable bonds is 3. The summed E-state index contributed by atoms with van der Waals surface area (Å²) in [4.78, 5) is 16.4. The molecule has 2 aliphatic rings. The minimum atomic E-state index is -3.19. The summed E-state index contributed by atoms with van der Waals surface area (Å²) in [5.41, 5.74) is 0.734. The zero-order valence-corrected chi connectivity index (χ0v) is 15.7. The maximum Gasteiger partial charge on any atom is 0.241 e. The van der Waals surface area contributed by atoms with Gasteiger partial charge in [0.1, 0.15) is 5.76 Å². The Labute approximate surface area is 154 Å². The molecule has 0 spiro atoms. The summed E-state index contributed by atoms with van der Waals surface area (Å²) in [7, 11) is -3.19. The Balaban J connectivity index is 1.68. The number of carbonyl (C=O) groups is 1. The van der Waals surface area contributed by atoms with Crippen molar-refractivity contribution >= 4 is 37.4 Å². The molecule has 2 aromatic rings. The second kappa shape index (κ2) is 6.26. The van der Waals surface area contributed by atoms with Crippen LogP contribution in [0.3, 0.4) is 0 Å². The molecule has 0 aliphatic carbocycles. The predicted octanol–water partition coefficient (Wildman–Crippen LogP) is 2.06. The number of halogens is 1. The van der Waals surface area contributed by atoms with E-state index in [0.29, 0.717) is 6.54 Å². The number of anilines is 1. The fraction of sp³-hybridized carbons (Fsp3) is 0.353. The molecule has 6 nitrogen and oxygen atoms in total. The molecule has 0 saturated carbocycles. The van der Waals surface area contributed by atoms with Crippen molar-refractivity contribution in [3.05, 3.63) is 52.9 Å². The first-order valence-corrected chi connectivity index (χ1v) is 10.6. The van der Waals surface area contributed by atoms with Crippen LogP contribution in [0.25, 0.3) is 0 Å². The van der Waals surface area contributed by atoms with Crippen molar-refractivity contribution in [2.75, 3.05) is 23.0 Å². The molecule has 0 radical (unpaired) electrons. The Kier molecular flexibility index (Phi) is 4.21. The Morgan fingerprint density at radius 3 is 2.52 bits per heavy atom. The lowest BCUT2D eigenvalue weighted by Gasteiger charge is -2.43. The van der Waals surface area contributed by atoms with E-state index < -0.39 is 9.84 Å². The summed E-state index contributed by atoms with van der Waals surface area (Å²) in [6, 6.07) is 10.4. The molecule has 25 heavy (non-hydrogen) atoms. The van der Waals surface area contributed by atoms with Crippen molar-refractivity contribution < 1.29 is 17.6 Å². The fourth-order valence-corrected chi connectivity index (χ4v) is 5.92. The van der Waals surface area contributed by atoms with Gasteiger partial charge < -0.3 is 9.32 Å². The van der Waals surface area contributed by atoms with Gasteiger partial charge in [0.25, 0.3) is 0 Å². The molecular weight excluding hydrogens is 408 g/mol. The van der Waals surface area contributed by atoms with Gasteiger partial charge in [0, 0.05) is 16.2 Å². The molecule has 1 aromatic heterocycles. The molecule has 2 saturated heterocycles. The van der Waals surface area contributed by atoms with Crippen LogP contribution in [0.1, 0.15) is 5.76 Å². The first kappa shape index (κ1) is 16.8. The number of hydrogen-bond donors (Lipinski definition) is 0. The average molecular weight is 425 g/mol. The molecule has 2 aliphatic heterocycles. The van der Waals surface area contributed by atoms with Crippen LogP contribution in [-0.2, 0) is 21.2 Å². The number of amides is 1. The second-order valence-electron chi connectivity index (χ2n) is 6.44. The van der Waals surface area contributed by atoms with Gasteiger partial charge in [-0.05, 0) is 36.4 Å². The number of carbonyl (C=O) groups excluding carboxylic acids is 1. The van der Waals surface area contributed by atoms with Crippen LogP contribution in [0.15, 0.2) is 51.6 Å². The summed E-state index contributed by atoms with van der Waals surface area (Å²) < 4.78 is 30.9. The highest BCUT2D eigenvalue weighted by Crippen LogP contribution is 2.33. The third kappa shape index (κ3) is 3.26. The van der Waals surface area contributed by atoms with E-state index in [-0.39, 0.29) is 36.0 Å². The topological polar surface area (TPSA) is 70.8 Å². The van der Waals surface area contributed by atoms with Gasteiger partial charge in [0.15, 0.2) is 9.84 Å². The van der Waals surface area contributed by atoms with E-state index in [9.17, 15) is 13.2 Å². The Bertz CT molecular complexity index is 880. The number of piperazine rings is 1. The third-order valence-corrected chi connectivity index (χ3v) is 6.97. The van der Waals surface area contributed by atoms with E-state index in [1.807, 2.05) is 35.2 Å². The molecular formula is C17H17BrN2O4S. The van der Waals surface area contributed by atoms with Crippen molar-refractivity contribution in [1.82, 2.24) is 4.90 Å². The molecule has 132 valence electrons. The number of benzene rings is 1. The SMILES string of the molecule is O=C1CN(Cc2ccco2)C2CS(=O)(=O)CC2N1c1ccc(Br)cc1. The van der Waals surface area contributed by atoms with Crippen molar-refractivity contribution in [3.63, 3.8) is 0 Å². The van der Waals surface area contributed by atoms with Crippen LogP contribution in [0.2, 0.25) is 0 Å². The Morgan fingerprint density at radius 1 is 1.12 bits per heavy atom. The predicted molar refractivity (Wildman–Crippen MR) is 97.0 cm³/mol. The monoisotopic (exact) mass is 424 g/mol. The largest absolute Gasteiger partial charge is 0.468 e. The molecule has 4 rings (SSSR count). The molecule has 8 heteroatoms. The van der Waals surface area contributed by atoms with Gasteiger partial charge in [0.05, 0.1) is 36.9 Å². The van der Waals surface area contributed by atoms with Crippen molar-refractivity contribution in [1.29, 1.82) is 0 Å². The molecule has 3 heterocycles. The standard InChI is InChI=1S/C17H17BrN2O4S/c18-12-3-5-13(6-4-12)20-16-11-25(22,23)10-15(16)19(9-17(20)21)8-14-2-1-7-24-14/h1-7,15-16H,8-11H2. The third-order valence-electron chi connectivity index (χ3n) is 4.75. The van der Waals surface area contributed by atoms with E-state index >= 15 is 0 Å². The quantitative estimate of drug-likeness (QED) is 0.753. The zero-order valence-electron chi connectivity index (χ0n) is 13.3. The highest BCUT2D eigenvalue weighted by Gasteiger charge is 2.49. The number of sulfone groups is 1. The van der Waals surface area contributed by atoms with Crippen LogP contribution >= 0.6 is 15.9 Å². The van der Waals surface area contributed by atoms with E-state index in [1.54, 1.807) is 17.2 Å². The molecule has 0 bridgehead atoms. The van der Waals surface area contributed by atoms with E-state index in [4.69, 9.17) is 4.42 Å². The molecule has 0 N–H and O–H groups in total. The van der Waals surface area contributed by atoms with Crippen LogP contribution in [0.4, 0.5) is 5.69 Å². The minimum absolute atomic E-state index is 0.00583. The molecule has 1 aromatic carbocycles. The van der Waals surface area contributed by atoms with Crippen LogP contribution in [0, 0.1) is 0 Å². The number of nitrogens with zero attached hydrogens (tertiary/aromatic N) is 2. The zero-order chi connectivity index (χ0) is 17.6. The van der Waals surface area contributed by atoms with E-state index in [2.05, 4.69) is 15.9 Å². The average Bonchev–Trinajstić information content (AvgIpc) is 3.16. The Hall–Kier alpha value is -1.64. The van der Waals surface area contributed by atoms with Crippen LogP contribution < -0.4 is 4.90 Å². The van der Waals surface area contributed by atoms with Gasteiger partial charge in [-0.2, -0.15) is 0 Å². The first-order valence-electron chi connectivity index (χ1n) is 7.97. The van der Waals surface area contributed by atoms with Gasteiger partial charge >= 0.3 is 0 Å². The second-order valence-corrected chi connectivity index (χ2v) is 9.51. The molecule has 2 fully saturated rings. The fourth-order valence-electron chi connectivity index (χ4n) is 3.67. The lowest BCUT2D eigenvalue weighted by Crippen LogP contribution is -2.61. The van der Waals surface area contributed by atoms with Gasteiger partial charge in [-0.25, -0.2) is 8.42 Å². The number of hydrogen-bond acceptors (Lipinski definition) is 5. The van der Waals surface area contributed by atoms with Crippen molar-refractivity contribution in [2.24, 2.45) is 0 Å². The summed E-state index contributed by atoms with van der Waals surface area (Å²) in [6.07, 6.45) is 1.58. The maximum absolute atomic E-state index is 12.8.